The fourth-order valence-electron chi connectivity index (χ4n) is 1.56. The molecule has 1 heterocycles. The minimum atomic E-state index is -0.0370. The Balaban J connectivity index is 2.55. The van der Waals surface area contributed by atoms with Crippen LogP contribution in [0.4, 0.5) is 0 Å². The number of hydrogen-bond acceptors (Lipinski definition) is 2. The summed E-state index contributed by atoms with van der Waals surface area (Å²) < 4.78 is 10.8. The standard InChI is InChI=1S/C8H15BrO2/c1-8(2)4-6(5-9)11-7(8)10-3/h6-7H,4-5H2,1-3H3/t6-,7+/m0/s1. The molecule has 0 amide bonds. The van der Waals surface area contributed by atoms with Gasteiger partial charge in [-0.05, 0) is 6.42 Å². The van der Waals surface area contributed by atoms with Gasteiger partial charge in [0, 0.05) is 17.9 Å². The molecule has 3 heteroatoms. The highest BCUT2D eigenvalue weighted by molar-refractivity contribution is 9.09. The molecule has 0 bridgehead atoms. The van der Waals surface area contributed by atoms with Crippen molar-refractivity contribution in [2.45, 2.75) is 32.7 Å². The lowest BCUT2D eigenvalue weighted by Gasteiger charge is -2.22. The van der Waals surface area contributed by atoms with Crippen LogP contribution in [0.5, 0.6) is 0 Å². The molecular weight excluding hydrogens is 208 g/mol. The van der Waals surface area contributed by atoms with E-state index in [2.05, 4.69) is 29.8 Å². The van der Waals surface area contributed by atoms with Gasteiger partial charge in [0.05, 0.1) is 6.10 Å². The van der Waals surface area contributed by atoms with Crippen LogP contribution >= 0.6 is 15.9 Å². The van der Waals surface area contributed by atoms with Crippen molar-refractivity contribution in [3.63, 3.8) is 0 Å². The molecule has 0 aromatic carbocycles. The van der Waals surface area contributed by atoms with Crippen molar-refractivity contribution in [3.05, 3.63) is 0 Å². The Kier molecular flexibility index (Phi) is 2.95. The number of ether oxygens (including phenoxy) is 2. The first-order valence-corrected chi connectivity index (χ1v) is 4.96. The Hall–Kier alpha value is 0.400. The molecular formula is C8H15BrO2. The molecule has 1 saturated heterocycles. The minimum absolute atomic E-state index is 0.0370. The number of hydrogen-bond donors (Lipinski definition) is 0. The number of halogens is 1. The molecule has 1 aliphatic heterocycles. The topological polar surface area (TPSA) is 18.5 Å². The molecule has 0 radical (unpaired) electrons. The highest BCUT2D eigenvalue weighted by Gasteiger charge is 2.41. The zero-order valence-electron chi connectivity index (χ0n) is 7.26. The summed E-state index contributed by atoms with van der Waals surface area (Å²) in [5.74, 6) is 0. The van der Waals surface area contributed by atoms with Crippen molar-refractivity contribution in [2.75, 3.05) is 12.4 Å². The summed E-state index contributed by atoms with van der Waals surface area (Å²) >= 11 is 3.40. The van der Waals surface area contributed by atoms with Gasteiger partial charge in [-0.3, -0.25) is 0 Å². The van der Waals surface area contributed by atoms with Crippen LogP contribution < -0.4 is 0 Å². The Labute approximate surface area is 76.4 Å². The molecule has 0 saturated carbocycles. The van der Waals surface area contributed by atoms with Crippen molar-refractivity contribution in [1.29, 1.82) is 0 Å². The number of rotatable bonds is 2. The molecule has 0 aromatic heterocycles. The zero-order chi connectivity index (χ0) is 8.48. The van der Waals surface area contributed by atoms with Gasteiger partial charge in [0.2, 0.25) is 0 Å². The first-order chi connectivity index (χ1) is 5.10. The maximum atomic E-state index is 5.61. The van der Waals surface area contributed by atoms with Crippen LogP contribution in [0, 0.1) is 5.41 Å². The third kappa shape index (κ3) is 1.95. The number of alkyl halides is 1. The van der Waals surface area contributed by atoms with Crippen LogP contribution in [-0.2, 0) is 9.47 Å². The maximum absolute atomic E-state index is 5.61. The second-order valence-corrected chi connectivity index (χ2v) is 4.32. The van der Waals surface area contributed by atoms with E-state index in [9.17, 15) is 0 Å². The van der Waals surface area contributed by atoms with E-state index in [-0.39, 0.29) is 11.7 Å². The molecule has 11 heavy (non-hydrogen) atoms. The van der Waals surface area contributed by atoms with Crippen molar-refractivity contribution in [1.82, 2.24) is 0 Å². The second-order valence-electron chi connectivity index (χ2n) is 3.67. The van der Waals surface area contributed by atoms with Gasteiger partial charge in [0.25, 0.3) is 0 Å². The van der Waals surface area contributed by atoms with E-state index >= 15 is 0 Å². The van der Waals surface area contributed by atoms with E-state index in [0.717, 1.165) is 11.8 Å². The molecule has 0 aromatic rings. The van der Waals surface area contributed by atoms with Gasteiger partial charge in [-0.2, -0.15) is 0 Å². The predicted molar refractivity (Wildman–Crippen MR) is 47.9 cm³/mol. The van der Waals surface area contributed by atoms with Crippen LogP contribution in [0.1, 0.15) is 20.3 Å². The van der Waals surface area contributed by atoms with E-state index in [1.165, 1.54) is 0 Å². The van der Waals surface area contributed by atoms with E-state index in [4.69, 9.17) is 9.47 Å². The van der Waals surface area contributed by atoms with Gasteiger partial charge < -0.3 is 9.47 Å². The minimum Gasteiger partial charge on any atom is -0.355 e. The fourth-order valence-corrected chi connectivity index (χ4v) is 1.94. The average Bonchev–Trinajstić information content (AvgIpc) is 2.24. The summed E-state index contributed by atoms with van der Waals surface area (Å²) in [6, 6.07) is 0. The van der Waals surface area contributed by atoms with E-state index in [1.54, 1.807) is 7.11 Å². The van der Waals surface area contributed by atoms with Gasteiger partial charge in [0.15, 0.2) is 6.29 Å². The molecule has 1 fully saturated rings. The molecule has 1 rings (SSSR count). The van der Waals surface area contributed by atoms with Crippen LogP contribution in [0.25, 0.3) is 0 Å². The smallest absolute Gasteiger partial charge is 0.162 e. The van der Waals surface area contributed by atoms with Crippen LogP contribution in [0.15, 0.2) is 0 Å². The van der Waals surface area contributed by atoms with Gasteiger partial charge in [-0.25, -0.2) is 0 Å². The molecule has 0 unspecified atom stereocenters. The molecule has 2 atom stereocenters. The largest absolute Gasteiger partial charge is 0.355 e. The lowest BCUT2D eigenvalue weighted by atomic mass is 9.89. The first kappa shape index (κ1) is 9.49. The summed E-state index contributed by atoms with van der Waals surface area (Å²) in [4.78, 5) is 0. The summed E-state index contributed by atoms with van der Waals surface area (Å²) in [5, 5.41) is 0.899. The SMILES string of the molecule is CO[C@@H]1O[C@H](CBr)CC1(C)C. The lowest BCUT2D eigenvalue weighted by Crippen LogP contribution is -2.25. The Morgan fingerprint density at radius 3 is 2.55 bits per heavy atom. The molecule has 2 nitrogen and oxygen atoms in total. The van der Waals surface area contributed by atoms with Crippen LogP contribution in [0.2, 0.25) is 0 Å². The van der Waals surface area contributed by atoms with Crippen molar-refractivity contribution < 1.29 is 9.47 Å². The number of methoxy groups -OCH3 is 1. The van der Waals surface area contributed by atoms with Crippen molar-refractivity contribution in [3.8, 4) is 0 Å². The van der Waals surface area contributed by atoms with E-state index < -0.39 is 0 Å². The highest BCUT2D eigenvalue weighted by Crippen LogP contribution is 2.38. The maximum Gasteiger partial charge on any atom is 0.162 e. The summed E-state index contributed by atoms with van der Waals surface area (Å²) in [7, 11) is 1.70. The lowest BCUT2D eigenvalue weighted by molar-refractivity contribution is -0.146. The van der Waals surface area contributed by atoms with Gasteiger partial charge >= 0.3 is 0 Å². The quantitative estimate of drug-likeness (QED) is 0.668. The highest BCUT2D eigenvalue weighted by atomic mass is 79.9. The van der Waals surface area contributed by atoms with E-state index in [1.807, 2.05) is 0 Å². The Morgan fingerprint density at radius 2 is 2.27 bits per heavy atom. The monoisotopic (exact) mass is 222 g/mol. The Morgan fingerprint density at radius 1 is 1.64 bits per heavy atom. The van der Waals surface area contributed by atoms with Crippen LogP contribution in [-0.4, -0.2) is 24.8 Å². The fraction of sp³-hybridized carbons (Fsp3) is 1.00. The van der Waals surface area contributed by atoms with E-state index in [0.29, 0.717) is 6.10 Å². The predicted octanol–water partition coefficient (Wildman–Crippen LogP) is 2.17. The second kappa shape index (κ2) is 3.42. The average molecular weight is 223 g/mol. The van der Waals surface area contributed by atoms with Crippen molar-refractivity contribution in [2.24, 2.45) is 5.41 Å². The molecule has 66 valence electrons. The normalized spacial score (nSPS) is 36.0. The Bertz CT molecular complexity index is 136. The molecule has 1 aliphatic rings. The molecule has 0 N–H and O–H groups in total. The zero-order valence-corrected chi connectivity index (χ0v) is 8.85. The first-order valence-electron chi connectivity index (χ1n) is 3.84. The summed E-state index contributed by atoms with van der Waals surface area (Å²) in [5.41, 5.74) is 0.160. The summed E-state index contributed by atoms with van der Waals surface area (Å²) in [6.07, 6.45) is 1.34. The summed E-state index contributed by atoms with van der Waals surface area (Å²) in [6.45, 7) is 4.34. The van der Waals surface area contributed by atoms with Crippen LogP contribution in [0.3, 0.4) is 0 Å². The third-order valence-electron chi connectivity index (χ3n) is 2.09. The van der Waals surface area contributed by atoms with Gasteiger partial charge in [-0.15, -0.1) is 0 Å². The van der Waals surface area contributed by atoms with Gasteiger partial charge in [0.1, 0.15) is 0 Å². The third-order valence-corrected chi connectivity index (χ3v) is 2.82. The molecule has 0 spiro atoms. The van der Waals surface area contributed by atoms with Gasteiger partial charge in [-0.1, -0.05) is 29.8 Å². The molecule has 0 aliphatic carbocycles. The van der Waals surface area contributed by atoms with Crippen molar-refractivity contribution >= 4 is 15.9 Å².